The van der Waals surface area contributed by atoms with Crippen molar-refractivity contribution in [1.29, 1.82) is 0 Å². The monoisotopic (exact) mass is 279 g/mol. The highest BCUT2D eigenvalue weighted by Crippen LogP contribution is 2.21. The van der Waals surface area contributed by atoms with Crippen LogP contribution in [0.1, 0.15) is 25.5 Å². The van der Waals surface area contributed by atoms with Crippen molar-refractivity contribution in [3.05, 3.63) is 29.8 Å². The fraction of sp³-hybridized carbons (Fsp3) is 0.533. The number of carbonyl (C=O) groups excluding carboxylic acids is 1. The van der Waals surface area contributed by atoms with Crippen LogP contribution in [0.15, 0.2) is 24.3 Å². The van der Waals surface area contributed by atoms with Crippen LogP contribution in [-0.2, 0) is 4.79 Å². The maximum atomic E-state index is 11.8. The first-order valence-electron chi connectivity index (χ1n) is 6.81. The standard InChI is InChI=1S/C15H25N3O2/c1-11(2)17-15(19)10-18(3)14(9-16)12-5-7-13(20-4)8-6-12/h5-8,11,14H,9-10,16H2,1-4H3,(H,17,19). The molecule has 0 aliphatic rings. The van der Waals surface area contributed by atoms with E-state index in [-0.39, 0.29) is 18.0 Å². The molecular weight excluding hydrogens is 254 g/mol. The Hall–Kier alpha value is -1.59. The number of nitrogens with two attached hydrogens (primary N) is 1. The summed E-state index contributed by atoms with van der Waals surface area (Å²) in [6, 6.07) is 7.92. The highest BCUT2D eigenvalue weighted by molar-refractivity contribution is 5.78. The van der Waals surface area contributed by atoms with Crippen molar-refractivity contribution in [1.82, 2.24) is 10.2 Å². The summed E-state index contributed by atoms with van der Waals surface area (Å²) in [5, 5.41) is 2.88. The van der Waals surface area contributed by atoms with Gasteiger partial charge >= 0.3 is 0 Å². The number of carbonyl (C=O) groups is 1. The molecule has 0 aliphatic heterocycles. The zero-order valence-electron chi connectivity index (χ0n) is 12.7. The molecule has 0 saturated heterocycles. The van der Waals surface area contributed by atoms with Crippen molar-refractivity contribution in [3.8, 4) is 5.75 Å². The molecule has 1 rings (SSSR count). The van der Waals surface area contributed by atoms with Crippen LogP contribution in [0.5, 0.6) is 5.75 Å². The van der Waals surface area contributed by atoms with Gasteiger partial charge in [0.1, 0.15) is 5.75 Å². The van der Waals surface area contributed by atoms with Gasteiger partial charge in [0.25, 0.3) is 0 Å². The Morgan fingerprint density at radius 2 is 1.95 bits per heavy atom. The molecule has 0 aliphatic carbocycles. The van der Waals surface area contributed by atoms with Crippen LogP contribution in [0.25, 0.3) is 0 Å². The maximum absolute atomic E-state index is 11.8. The number of benzene rings is 1. The number of hydrogen-bond acceptors (Lipinski definition) is 4. The van der Waals surface area contributed by atoms with Crippen molar-refractivity contribution >= 4 is 5.91 Å². The van der Waals surface area contributed by atoms with E-state index in [9.17, 15) is 4.79 Å². The van der Waals surface area contributed by atoms with Gasteiger partial charge in [-0.2, -0.15) is 0 Å². The molecule has 112 valence electrons. The molecule has 3 N–H and O–H groups in total. The van der Waals surface area contributed by atoms with Crippen LogP contribution in [0.4, 0.5) is 0 Å². The van der Waals surface area contributed by atoms with Gasteiger partial charge < -0.3 is 15.8 Å². The molecule has 1 aromatic carbocycles. The van der Waals surface area contributed by atoms with Gasteiger partial charge in [-0.15, -0.1) is 0 Å². The SMILES string of the molecule is COc1ccc(C(CN)N(C)CC(=O)NC(C)C)cc1. The van der Waals surface area contributed by atoms with Crippen LogP contribution in [0, 0.1) is 0 Å². The summed E-state index contributed by atoms with van der Waals surface area (Å²) in [5.41, 5.74) is 6.93. The van der Waals surface area contributed by atoms with Crippen LogP contribution < -0.4 is 15.8 Å². The van der Waals surface area contributed by atoms with E-state index >= 15 is 0 Å². The number of methoxy groups -OCH3 is 1. The van der Waals surface area contributed by atoms with Crippen molar-refractivity contribution in [3.63, 3.8) is 0 Å². The zero-order valence-corrected chi connectivity index (χ0v) is 12.7. The van der Waals surface area contributed by atoms with E-state index in [4.69, 9.17) is 10.5 Å². The Labute approximate surface area is 121 Å². The number of nitrogens with zero attached hydrogens (tertiary/aromatic N) is 1. The second kappa shape index (κ2) is 7.87. The number of amides is 1. The largest absolute Gasteiger partial charge is 0.497 e. The summed E-state index contributed by atoms with van der Waals surface area (Å²) in [7, 11) is 3.54. The van der Waals surface area contributed by atoms with Gasteiger partial charge in [0.15, 0.2) is 0 Å². The number of rotatable bonds is 7. The molecule has 1 unspecified atom stereocenters. The van der Waals surface area contributed by atoms with Gasteiger partial charge in [0, 0.05) is 18.6 Å². The molecule has 5 nitrogen and oxygen atoms in total. The fourth-order valence-electron chi connectivity index (χ4n) is 2.10. The summed E-state index contributed by atoms with van der Waals surface area (Å²) in [5.74, 6) is 0.819. The summed E-state index contributed by atoms with van der Waals surface area (Å²) >= 11 is 0. The Kier molecular flexibility index (Phi) is 6.48. The van der Waals surface area contributed by atoms with Crippen molar-refractivity contribution in [2.45, 2.75) is 25.9 Å². The molecule has 1 aromatic rings. The minimum atomic E-state index is 0.00876. The summed E-state index contributed by atoms with van der Waals surface area (Å²) in [6.45, 7) is 4.67. The second-order valence-electron chi connectivity index (χ2n) is 5.16. The smallest absolute Gasteiger partial charge is 0.234 e. The summed E-state index contributed by atoms with van der Waals surface area (Å²) < 4.78 is 5.14. The van der Waals surface area contributed by atoms with Crippen molar-refractivity contribution in [2.24, 2.45) is 5.73 Å². The van der Waals surface area contributed by atoms with Crippen LogP contribution >= 0.6 is 0 Å². The molecule has 0 aromatic heterocycles. The van der Waals surface area contributed by atoms with Gasteiger partial charge in [0.2, 0.25) is 5.91 Å². The molecule has 20 heavy (non-hydrogen) atoms. The zero-order chi connectivity index (χ0) is 15.1. The quantitative estimate of drug-likeness (QED) is 0.786. The van der Waals surface area contributed by atoms with Gasteiger partial charge in [0.05, 0.1) is 13.7 Å². The first-order valence-corrected chi connectivity index (χ1v) is 6.81. The lowest BCUT2D eigenvalue weighted by molar-refractivity contribution is -0.122. The number of ether oxygens (including phenoxy) is 1. The van der Waals surface area contributed by atoms with E-state index in [2.05, 4.69) is 5.32 Å². The topological polar surface area (TPSA) is 67.6 Å². The van der Waals surface area contributed by atoms with Crippen LogP contribution in [-0.4, -0.2) is 44.1 Å². The van der Waals surface area contributed by atoms with Crippen LogP contribution in [0.2, 0.25) is 0 Å². The third-order valence-corrected chi connectivity index (χ3v) is 3.10. The van der Waals surface area contributed by atoms with Gasteiger partial charge in [-0.3, -0.25) is 9.69 Å². The third-order valence-electron chi connectivity index (χ3n) is 3.10. The molecule has 0 heterocycles. The number of hydrogen-bond donors (Lipinski definition) is 2. The molecule has 0 fully saturated rings. The molecule has 5 heteroatoms. The highest BCUT2D eigenvalue weighted by atomic mass is 16.5. The molecule has 0 saturated carbocycles. The predicted molar refractivity (Wildman–Crippen MR) is 80.7 cm³/mol. The van der Waals surface area contributed by atoms with Crippen molar-refractivity contribution in [2.75, 3.05) is 27.2 Å². The number of likely N-dealkylation sites (N-methyl/N-ethyl adjacent to an activating group) is 1. The third kappa shape index (κ3) is 4.83. The fourth-order valence-corrected chi connectivity index (χ4v) is 2.10. The van der Waals surface area contributed by atoms with E-state index in [1.807, 2.05) is 50.1 Å². The normalized spacial score (nSPS) is 12.6. The van der Waals surface area contributed by atoms with Crippen molar-refractivity contribution < 1.29 is 9.53 Å². The summed E-state index contributed by atoms with van der Waals surface area (Å²) in [4.78, 5) is 13.8. The maximum Gasteiger partial charge on any atom is 0.234 e. The number of nitrogens with one attached hydrogen (secondary N) is 1. The lowest BCUT2D eigenvalue weighted by Crippen LogP contribution is -2.41. The Bertz CT molecular complexity index is 418. The molecule has 0 radical (unpaired) electrons. The minimum absolute atomic E-state index is 0.00876. The highest BCUT2D eigenvalue weighted by Gasteiger charge is 2.18. The average molecular weight is 279 g/mol. The van der Waals surface area contributed by atoms with Gasteiger partial charge in [-0.25, -0.2) is 0 Å². The Morgan fingerprint density at radius 1 is 1.35 bits per heavy atom. The van der Waals surface area contributed by atoms with Gasteiger partial charge in [-0.05, 0) is 38.6 Å². The molecule has 1 amide bonds. The summed E-state index contributed by atoms with van der Waals surface area (Å²) in [6.07, 6.45) is 0. The van der Waals surface area contributed by atoms with Crippen LogP contribution in [0.3, 0.4) is 0 Å². The van der Waals surface area contributed by atoms with E-state index in [1.165, 1.54) is 0 Å². The van der Waals surface area contributed by atoms with E-state index < -0.39 is 0 Å². The molecule has 1 atom stereocenters. The average Bonchev–Trinajstić information content (AvgIpc) is 2.39. The van der Waals surface area contributed by atoms with Gasteiger partial charge in [-0.1, -0.05) is 12.1 Å². The van der Waals surface area contributed by atoms with E-state index in [0.29, 0.717) is 13.1 Å². The molecular formula is C15H25N3O2. The Morgan fingerprint density at radius 3 is 2.40 bits per heavy atom. The minimum Gasteiger partial charge on any atom is -0.497 e. The second-order valence-corrected chi connectivity index (χ2v) is 5.16. The van der Waals surface area contributed by atoms with E-state index in [1.54, 1.807) is 7.11 Å². The lowest BCUT2D eigenvalue weighted by Gasteiger charge is -2.27. The first kappa shape index (κ1) is 16.5. The Balaban J connectivity index is 2.70. The lowest BCUT2D eigenvalue weighted by atomic mass is 10.1. The first-order chi connectivity index (χ1) is 9.47. The predicted octanol–water partition coefficient (Wildman–Crippen LogP) is 1.15. The molecule has 0 bridgehead atoms. The van der Waals surface area contributed by atoms with E-state index in [0.717, 1.165) is 11.3 Å². The molecule has 0 spiro atoms.